The van der Waals surface area contributed by atoms with Gasteiger partial charge in [-0.2, -0.15) is 5.10 Å². The summed E-state index contributed by atoms with van der Waals surface area (Å²) in [5.74, 6) is -0.301. The number of rotatable bonds is 7. The number of amides is 2. The average Bonchev–Trinajstić information content (AvgIpc) is 2.55. The molecule has 118 valence electrons. The molecule has 1 N–H and O–H groups in total. The van der Waals surface area contributed by atoms with Crippen LogP contribution in [0.4, 0.5) is 0 Å². The maximum absolute atomic E-state index is 12.6. The van der Waals surface area contributed by atoms with E-state index in [0.717, 1.165) is 12.0 Å². The summed E-state index contributed by atoms with van der Waals surface area (Å²) in [6, 6.07) is 3.75. The van der Waals surface area contributed by atoms with E-state index in [9.17, 15) is 9.59 Å². The van der Waals surface area contributed by atoms with E-state index in [-0.39, 0.29) is 11.8 Å². The number of carbonyl (C=O) groups excluding carboxylic acids is 2. The minimum atomic E-state index is -0.156. The maximum Gasteiger partial charge on any atom is 0.270 e. The van der Waals surface area contributed by atoms with E-state index in [1.807, 2.05) is 12.1 Å². The van der Waals surface area contributed by atoms with Crippen molar-refractivity contribution in [3.05, 3.63) is 30.1 Å². The average molecular weight is 304 g/mol. The molecule has 0 bridgehead atoms. The second-order valence-corrected chi connectivity index (χ2v) is 5.02. The summed E-state index contributed by atoms with van der Waals surface area (Å²) in [4.78, 5) is 29.4. The predicted molar refractivity (Wildman–Crippen MR) is 81.0 cm³/mol. The highest BCUT2D eigenvalue weighted by Gasteiger charge is 2.23. The third kappa shape index (κ3) is 4.63. The van der Waals surface area contributed by atoms with Gasteiger partial charge in [0.1, 0.15) is 5.71 Å². The molecule has 0 aromatic carbocycles. The first-order valence-corrected chi connectivity index (χ1v) is 7.23. The number of nitrogens with zero attached hydrogens (tertiary/aromatic N) is 3. The maximum atomic E-state index is 12.6. The first kappa shape index (κ1) is 16.1. The van der Waals surface area contributed by atoms with E-state index >= 15 is 0 Å². The second kappa shape index (κ2) is 8.23. The predicted octanol–water partition coefficient (Wildman–Crippen LogP) is 0.713. The second-order valence-electron chi connectivity index (χ2n) is 5.02. The Bertz CT molecular complexity index is 545. The number of nitrogens with one attached hydrogen (secondary N) is 1. The van der Waals surface area contributed by atoms with Crippen molar-refractivity contribution in [2.45, 2.75) is 25.8 Å². The summed E-state index contributed by atoms with van der Waals surface area (Å²) in [6.07, 6.45) is 4.82. The fourth-order valence-corrected chi connectivity index (χ4v) is 2.17. The van der Waals surface area contributed by atoms with Crippen molar-refractivity contribution in [1.29, 1.82) is 0 Å². The topological polar surface area (TPSA) is 83.9 Å². The van der Waals surface area contributed by atoms with Gasteiger partial charge >= 0.3 is 0 Å². The smallest absolute Gasteiger partial charge is 0.270 e. The van der Waals surface area contributed by atoms with E-state index in [1.54, 1.807) is 24.4 Å². The number of ether oxygens (including phenoxy) is 1. The fraction of sp³-hybridized carbons (Fsp3) is 0.467. The highest BCUT2D eigenvalue weighted by atomic mass is 16.5. The van der Waals surface area contributed by atoms with Crippen molar-refractivity contribution in [1.82, 2.24) is 15.3 Å². The summed E-state index contributed by atoms with van der Waals surface area (Å²) >= 11 is 0. The van der Waals surface area contributed by atoms with Gasteiger partial charge in [-0.3, -0.25) is 14.6 Å². The van der Waals surface area contributed by atoms with Gasteiger partial charge in [-0.15, -0.1) is 0 Å². The molecule has 0 aliphatic carbocycles. The van der Waals surface area contributed by atoms with E-state index < -0.39 is 0 Å². The van der Waals surface area contributed by atoms with Gasteiger partial charge in [-0.1, -0.05) is 0 Å². The van der Waals surface area contributed by atoms with Gasteiger partial charge in [-0.25, -0.2) is 5.43 Å². The van der Waals surface area contributed by atoms with Gasteiger partial charge in [0.15, 0.2) is 0 Å². The molecule has 22 heavy (non-hydrogen) atoms. The van der Waals surface area contributed by atoms with Crippen molar-refractivity contribution in [3.8, 4) is 0 Å². The van der Waals surface area contributed by atoms with Gasteiger partial charge in [0.2, 0.25) is 5.91 Å². The molecule has 0 saturated heterocycles. The molecule has 1 aromatic rings. The lowest BCUT2D eigenvalue weighted by Crippen LogP contribution is -2.40. The van der Waals surface area contributed by atoms with Crippen LogP contribution in [0.25, 0.3) is 0 Å². The van der Waals surface area contributed by atoms with Crippen LogP contribution >= 0.6 is 0 Å². The zero-order valence-corrected chi connectivity index (χ0v) is 12.6. The van der Waals surface area contributed by atoms with E-state index in [0.29, 0.717) is 38.2 Å². The molecule has 0 atom stereocenters. The van der Waals surface area contributed by atoms with E-state index in [2.05, 4.69) is 15.5 Å². The van der Waals surface area contributed by atoms with Crippen molar-refractivity contribution in [2.24, 2.45) is 5.10 Å². The molecule has 7 nitrogen and oxygen atoms in total. The van der Waals surface area contributed by atoms with E-state index in [1.165, 1.54) is 0 Å². The fourth-order valence-electron chi connectivity index (χ4n) is 2.17. The van der Waals surface area contributed by atoms with Crippen molar-refractivity contribution in [2.75, 3.05) is 20.3 Å². The summed E-state index contributed by atoms with van der Waals surface area (Å²) in [5, 5.41) is 3.88. The molecule has 0 saturated carbocycles. The van der Waals surface area contributed by atoms with Crippen molar-refractivity contribution >= 4 is 17.5 Å². The highest BCUT2D eigenvalue weighted by molar-refractivity contribution is 6.39. The lowest BCUT2D eigenvalue weighted by Gasteiger charge is -2.24. The third-order valence-electron chi connectivity index (χ3n) is 3.34. The number of hydrogen-bond acceptors (Lipinski definition) is 5. The number of pyridine rings is 1. The first-order chi connectivity index (χ1) is 10.7. The molecule has 7 heteroatoms. The van der Waals surface area contributed by atoms with Crippen LogP contribution in [0.15, 0.2) is 29.6 Å². The van der Waals surface area contributed by atoms with Gasteiger partial charge in [0.05, 0.1) is 0 Å². The minimum Gasteiger partial charge on any atom is -0.385 e. The zero-order chi connectivity index (χ0) is 15.8. The summed E-state index contributed by atoms with van der Waals surface area (Å²) in [5.41, 5.74) is 3.76. The number of hydrogen-bond donors (Lipinski definition) is 1. The Morgan fingerprint density at radius 3 is 2.77 bits per heavy atom. The monoisotopic (exact) mass is 304 g/mol. The normalized spacial score (nSPS) is 14.2. The molecule has 0 radical (unpaired) electrons. The van der Waals surface area contributed by atoms with E-state index in [4.69, 9.17) is 4.74 Å². The molecule has 1 aliphatic rings. The van der Waals surface area contributed by atoms with Gasteiger partial charge in [0, 0.05) is 52.0 Å². The third-order valence-corrected chi connectivity index (χ3v) is 3.34. The number of aromatic nitrogens is 1. The molecule has 0 fully saturated rings. The Labute approximate surface area is 129 Å². The Morgan fingerprint density at radius 2 is 2.14 bits per heavy atom. The number of hydrazone groups is 1. The lowest BCUT2D eigenvalue weighted by molar-refractivity contribution is -0.125. The SMILES string of the molecule is COCCCN(Cc1ccncc1)C(=O)C1=NNC(=O)CC1. The molecule has 0 spiro atoms. The van der Waals surface area contributed by atoms with Crippen LogP contribution in [0.3, 0.4) is 0 Å². The zero-order valence-electron chi connectivity index (χ0n) is 12.6. The summed E-state index contributed by atoms with van der Waals surface area (Å²) < 4.78 is 5.05. The van der Waals surface area contributed by atoms with Crippen LogP contribution < -0.4 is 5.43 Å². The standard InChI is InChI=1S/C15H20N4O3/c1-22-10-2-9-19(11-12-5-7-16-8-6-12)15(21)13-3-4-14(20)18-17-13/h5-8H,2-4,9-11H2,1H3,(H,18,20). The molecule has 0 unspecified atom stereocenters. The summed E-state index contributed by atoms with van der Waals surface area (Å²) in [6.45, 7) is 1.64. The Kier molecular flexibility index (Phi) is 6.02. The first-order valence-electron chi connectivity index (χ1n) is 7.23. The van der Waals surface area contributed by atoms with Crippen LogP contribution in [0.5, 0.6) is 0 Å². The van der Waals surface area contributed by atoms with Gasteiger partial charge < -0.3 is 9.64 Å². The van der Waals surface area contributed by atoms with Gasteiger partial charge in [0.25, 0.3) is 5.91 Å². The van der Waals surface area contributed by atoms with Crippen LogP contribution in [-0.2, 0) is 20.9 Å². The quantitative estimate of drug-likeness (QED) is 0.752. The van der Waals surface area contributed by atoms with Crippen LogP contribution in [-0.4, -0.2) is 47.7 Å². The largest absolute Gasteiger partial charge is 0.385 e. The minimum absolute atomic E-state index is 0.145. The Hall–Kier alpha value is -2.28. The number of carbonyl (C=O) groups is 2. The molecule has 2 amide bonds. The Morgan fingerprint density at radius 1 is 1.36 bits per heavy atom. The number of methoxy groups -OCH3 is 1. The van der Waals surface area contributed by atoms with Crippen LogP contribution in [0.2, 0.25) is 0 Å². The highest BCUT2D eigenvalue weighted by Crippen LogP contribution is 2.09. The molecular weight excluding hydrogens is 284 g/mol. The van der Waals surface area contributed by atoms with Gasteiger partial charge in [-0.05, 0) is 24.1 Å². The Balaban J connectivity index is 2.05. The summed E-state index contributed by atoms with van der Waals surface area (Å²) in [7, 11) is 1.63. The lowest BCUT2D eigenvalue weighted by atomic mass is 10.1. The van der Waals surface area contributed by atoms with Crippen LogP contribution in [0, 0.1) is 0 Å². The van der Waals surface area contributed by atoms with Crippen molar-refractivity contribution in [3.63, 3.8) is 0 Å². The molecule has 2 rings (SSSR count). The molecule has 1 aromatic heterocycles. The molecule has 1 aliphatic heterocycles. The molecule has 2 heterocycles. The van der Waals surface area contributed by atoms with Crippen molar-refractivity contribution < 1.29 is 14.3 Å². The molecular formula is C15H20N4O3. The van der Waals surface area contributed by atoms with Crippen LogP contribution in [0.1, 0.15) is 24.8 Å².